The van der Waals surface area contributed by atoms with Crippen molar-refractivity contribution < 1.29 is 4.79 Å². The largest absolute Gasteiger partial charge is 0.341 e. The summed E-state index contributed by atoms with van der Waals surface area (Å²) in [4.78, 5) is 17.2. The molecule has 0 aliphatic carbocycles. The van der Waals surface area contributed by atoms with E-state index in [1.165, 1.54) is 32.4 Å². The predicted molar refractivity (Wildman–Crippen MR) is 87.0 cm³/mol. The quantitative estimate of drug-likeness (QED) is 0.816. The van der Waals surface area contributed by atoms with Crippen LogP contribution in [-0.2, 0) is 4.79 Å². The summed E-state index contributed by atoms with van der Waals surface area (Å²) in [6.07, 6.45) is 6.89. The number of rotatable bonds is 6. The number of nitrogens with zero attached hydrogens (tertiary/aromatic N) is 2. The highest BCUT2D eigenvalue weighted by Crippen LogP contribution is 2.22. The molecule has 2 heterocycles. The maximum atomic E-state index is 12.5. The van der Waals surface area contributed by atoms with Gasteiger partial charge in [0.2, 0.25) is 5.91 Å². The third-order valence-electron chi connectivity index (χ3n) is 5.02. The SMILES string of the molecule is CC(C)C[C@H](CN)CC(=O)N1CCC(N2CCCCC2)C1. The van der Waals surface area contributed by atoms with Crippen LogP contribution in [0.2, 0.25) is 0 Å². The molecular weight excluding hydrogens is 262 g/mol. The summed E-state index contributed by atoms with van der Waals surface area (Å²) < 4.78 is 0. The molecular formula is C17H33N3O. The van der Waals surface area contributed by atoms with E-state index in [9.17, 15) is 4.79 Å². The van der Waals surface area contributed by atoms with Crippen molar-refractivity contribution in [3.8, 4) is 0 Å². The molecule has 0 saturated carbocycles. The summed E-state index contributed by atoms with van der Waals surface area (Å²) in [5, 5.41) is 0. The molecule has 2 saturated heterocycles. The Morgan fingerprint density at radius 2 is 1.90 bits per heavy atom. The number of carbonyl (C=O) groups is 1. The molecule has 0 aromatic rings. The van der Waals surface area contributed by atoms with Crippen molar-refractivity contribution in [3.63, 3.8) is 0 Å². The number of carbonyl (C=O) groups excluding carboxylic acids is 1. The summed E-state index contributed by atoms with van der Waals surface area (Å²) >= 11 is 0. The van der Waals surface area contributed by atoms with E-state index < -0.39 is 0 Å². The van der Waals surface area contributed by atoms with Gasteiger partial charge in [-0.25, -0.2) is 0 Å². The van der Waals surface area contributed by atoms with Crippen LogP contribution in [0, 0.1) is 11.8 Å². The van der Waals surface area contributed by atoms with Crippen LogP contribution in [0.3, 0.4) is 0 Å². The fourth-order valence-electron chi connectivity index (χ4n) is 3.86. The Hall–Kier alpha value is -0.610. The van der Waals surface area contributed by atoms with Gasteiger partial charge in [-0.3, -0.25) is 9.69 Å². The number of likely N-dealkylation sites (tertiary alicyclic amines) is 2. The zero-order chi connectivity index (χ0) is 15.2. The van der Waals surface area contributed by atoms with Crippen LogP contribution >= 0.6 is 0 Å². The highest BCUT2D eigenvalue weighted by molar-refractivity contribution is 5.76. The molecule has 1 amide bonds. The molecule has 2 aliphatic heterocycles. The minimum atomic E-state index is 0.325. The predicted octanol–water partition coefficient (Wildman–Crippen LogP) is 2.08. The van der Waals surface area contributed by atoms with Crippen LogP contribution in [0.4, 0.5) is 0 Å². The van der Waals surface area contributed by atoms with E-state index in [1.54, 1.807) is 0 Å². The van der Waals surface area contributed by atoms with Crippen molar-refractivity contribution in [1.29, 1.82) is 0 Å². The molecule has 0 radical (unpaired) electrons. The fourth-order valence-corrected chi connectivity index (χ4v) is 3.86. The lowest BCUT2D eigenvalue weighted by Gasteiger charge is -2.32. The van der Waals surface area contributed by atoms with Crippen molar-refractivity contribution in [1.82, 2.24) is 9.80 Å². The second kappa shape index (κ2) is 8.14. The average molecular weight is 295 g/mol. The van der Waals surface area contributed by atoms with E-state index in [2.05, 4.69) is 23.6 Å². The van der Waals surface area contributed by atoms with E-state index in [0.717, 1.165) is 25.9 Å². The normalized spacial score (nSPS) is 25.5. The molecule has 0 aromatic heterocycles. The zero-order valence-electron chi connectivity index (χ0n) is 13.9. The first-order valence-corrected chi connectivity index (χ1v) is 8.82. The summed E-state index contributed by atoms with van der Waals surface area (Å²) in [6.45, 7) is 9.38. The van der Waals surface area contributed by atoms with Gasteiger partial charge in [0.15, 0.2) is 0 Å². The maximum Gasteiger partial charge on any atom is 0.222 e. The molecule has 2 aliphatic rings. The lowest BCUT2D eigenvalue weighted by atomic mass is 9.94. The van der Waals surface area contributed by atoms with E-state index in [4.69, 9.17) is 5.73 Å². The van der Waals surface area contributed by atoms with Crippen molar-refractivity contribution in [2.45, 2.75) is 58.4 Å². The van der Waals surface area contributed by atoms with E-state index in [0.29, 0.717) is 36.8 Å². The summed E-state index contributed by atoms with van der Waals surface area (Å²) in [6, 6.07) is 0.607. The van der Waals surface area contributed by atoms with Gasteiger partial charge in [0, 0.05) is 25.6 Å². The van der Waals surface area contributed by atoms with Crippen LogP contribution in [0.25, 0.3) is 0 Å². The molecule has 4 heteroatoms. The number of amides is 1. The Morgan fingerprint density at radius 3 is 2.52 bits per heavy atom. The van der Waals surface area contributed by atoms with E-state index >= 15 is 0 Å². The number of hydrogen-bond acceptors (Lipinski definition) is 3. The Balaban J connectivity index is 1.78. The minimum Gasteiger partial charge on any atom is -0.341 e. The van der Waals surface area contributed by atoms with Gasteiger partial charge >= 0.3 is 0 Å². The van der Waals surface area contributed by atoms with Crippen molar-refractivity contribution in [2.75, 3.05) is 32.7 Å². The molecule has 2 atom stereocenters. The lowest BCUT2D eigenvalue weighted by molar-refractivity contribution is -0.131. The first-order valence-electron chi connectivity index (χ1n) is 8.82. The molecule has 0 spiro atoms. The molecule has 122 valence electrons. The van der Waals surface area contributed by atoms with Gasteiger partial charge in [0.05, 0.1) is 0 Å². The lowest BCUT2D eigenvalue weighted by Crippen LogP contribution is -2.42. The average Bonchev–Trinajstić information content (AvgIpc) is 2.97. The molecule has 0 aromatic carbocycles. The summed E-state index contributed by atoms with van der Waals surface area (Å²) in [5.74, 6) is 1.29. The van der Waals surface area contributed by atoms with E-state index in [-0.39, 0.29) is 0 Å². The highest BCUT2D eigenvalue weighted by Gasteiger charge is 2.31. The fraction of sp³-hybridized carbons (Fsp3) is 0.941. The third kappa shape index (κ3) is 4.96. The van der Waals surface area contributed by atoms with Gasteiger partial charge in [-0.05, 0) is 57.2 Å². The monoisotopic (exact) mass is 295 g/mol. The van der Waals surface area contributed by atoms with Crippen LogP contribution in [0.5, 0.6) is 0 Å². The second-order valence-corrected chi connectivity index (χ2v) is 7.31. The standard InChI is InChI=1S/C17H33N3O/c1-14(2)10-15(12-18)11-17(21)20-9-6-16(13-20)19-7-4-3-5-8-19/h14-16H,3-13,18H2,1-2H3/t15-,16?/m0/s1. The Bertz CT molecular complexity index is 326. The summed E-state index contributed by atoms with van der Waals surface area (Å²) in [5.41, 5.74) is 5.83. The Morgan fingerprint density at radius 1 is 1.19 bits per heavy atom. The molecule has 2 rings (SSSR count). The van der Waals surface area contributed by atoms with E-state index in [1.807, 2.05) is 0 Å². The van der Waals surface area contributed by atoms with Gasteiger partial charge in [-0.1, -0.05) is 20.3 Å². The number of piperidine rings is 1. The smallest absolute Gasteiger partial charge is 0.222 e. The summed E-state index contributed by atoms with van der Waals surface area (Å²) in [7, 11) is 0. The molecule has 4 nitrogen and oxygen atoms in total. The van der Waals surface area contributed by atoms with Crippen LogP contribution in [0.15, 0.2) is 0 Å². The first-order chi connectivity index (χ1) is 10.1. The Kier molecular flexibility index (Phi) is 6.49. The van der Waals surface area contributed by atoms with Gasteiger partial charge in [-0.2, -0.15) is 0 Å². The van der Waals surface area contributed by atoms with Gasteiger partial charge in [0.25, 0.3) is 0 Å². The number of hydrogen-bond donors (Lipinski definition) is 1. The van der Waals surface area contributed by atoms with Crippen molar-refractivity contribution in [2.24, 2.45) is 17.6 Å². The second-order valence-electron chi connectivity index (χ2n) is 7.31. The van der Waals surface area contributed by atoms with Crippen LogP contribution < -0.4 is 5.73 Å². The van der Waals surface area contributed by atoms with Crippen molar-refractivity contribution in [3.05, 3.63) is 0 Å². The van der Waals surface area contributed by atoms with Gasteiger partial charge in [0.1, 0.15) is 0 Å². The molecule has 1 unspecified atom stereocenters. The maximum absolute atomic E-state index is 12.5. The zero-order valence-corrected chi connectivity index (χ0v) is 13.9. The Labute approximate surface area is 130 Å². The van der Waals surface area contributed by atoms with Crippen LogP contribution in [0.1, 0.15) is 52.4 Å². The number of nitrogens with two attached hydrogens (primary N) is 1. The molecule has 0 bridgehead atoms. The van der Waals surface area contributed by atoms with Gasteiger partial charge in [-0.15, -0.1) is 0 Å². The molecule has 2 fully saturated rings. The van der Waals surface area contributed by atoms with Gasteiger partial charge < -0.3 is 10.6 Å². The molecule has 21 heavy (non-hydrogen) atoms. The topological polar surface area (TPSA) is 49.6 Å². The first kappa shape index (κ1) is 16.8. The third-order valence-corrected chi connectivity index (χ3v) is 5.02. The molecule has 2 N–H and O–H groups in total. The minimum absolute atomic E-state index is 0.325. The highest BCUT2D eigenvalue weighted by atomic mass is 16.2. The van der Waals surface area contributed by atoms with Crippen molar-refractivity contribution >= 4 is 5.91 Å². The van der Waals surface area contributed by atoms with Crippen LogP contribution in [-0.4, -0.2) is 54.5 Å².